The fourth-order valence-electron chi connectivity index (χ4n) is 0.535. The summed E-state index contributed by atoms with van der Waals surface area (Å²) < 4.78 is 0. The Morgan fingerprint density at radius 2 is 2.22 bits per heavy atom. The largest absolute Gasteiger partial charge is 0.396 e. The van der Waals surface area contributed by atoms with E-state index >= 15 is 0 Å². The quantitative estimate of drug-likeness (QED) is 0.451. The highest BCUT2D eigenvalue weighted by Crippen LogP contribution is 1.84. The van der Waals surface area contributed by atoms with Crippen LogP contribution in [0.3, 0.4) is 0 Å². The van der Waals surface area contributed by atoms with Crippen LogP contribution in [0.5, 0.6) is 0 Å². The number of aliphatic hydroxyl groups is 2. The molecule has 3 nitrogen and oxygen atoms in total. The molecule has 0 spiro atoms. The van der Waals surface area contributed by atoms with E-state index in [4.69, 9.17) is 10.2 Å². The third kappa shape index (κ3) is 5.76. The van der Waals surface area contributed by atoms with E-state index in [1.165, 1.54) is 0 Å². The maximum absolute atomic E-state index is 8.91. The Balaban J connectivity index is 2.95. The van der Waals surface area contributed by atoms with Gasteiger partial charge in [-0.05, 0) is 13.0 Å². The van der Waals surface area contributed by atoms with Gasteiger partial charge in [0.05, 0.1) is 0 Å². The predicted molar refractivity (Wildman–Crippen MR) is 36.0 cm³/mol. The van der Waals surface area contributed by atoms with Crippen LogP contribution in [0.1, 0.15) is 19.8 Å². The van der Waals surface area contributed by atoms with Crippen molar-refractivity contribution in [2.75, 3.05) is 13.2 Å². The van der Waals surface area contributed by atoms with Crippen molar-refractivity contribution in [1.29, 1.82) is 0 Å². The molecule has 1 atom stereocenters. The van der Waals surface area contributed by atoms with E-state index in [2.05, 4.69) is 5.32 Å². The minimum atomic E-state index is -0.532. The van der Waals surface area contributed by atoms with Crippen LogP contribution in [-0.2, 0) is 0 Å². The molecule has 56 valence electrons. The fourth-order valence-corrected chi connectivity index (χ4v) is 0.535. The summed E-state index contributed by atoms with van der Waals surface area (Å²) in [5, 5.41) is 20.1. The van der Waals surface area contributed by atoms with Crippen LogP contribution < -0.4 is 5.32 Å². The van der Waals surface area contributed by atoms with Crippen molar-refractivity contribution in [3.8, 4) is 0 Å². The van der Waals surface area contributed by atoms with Crippen molar-refractivity contribution >= 4 is 0 Å². The summed E-state index contributed by atoms with van der Waals surface area (Å²) in [6, 6.07) is 0. The summed E-state index contributed by atoms with van der Waals surface area (Å²) in [5.41, 5.74) is 0. The van der Waals surface area contributed by atoms with Gasteiger partial charge in [0.2, 0.25) is 0 Å². The molecule has 0 radical (unpaired) electrons. The lowest BCUT2D eigenvalue weighted by Crippen LogP contribution is -2.29. The predicted octanol–water partition coefficient (Wildman–Crippen LogP) is -0.313. The normalized spacial score (nSPS) is 13.7. The van der Waals surface area contributed by atoms with Gasteiger partial charge in [-0.3, -0.25) is 5.32 Å². The molecule has 0 aliphatic heterocycles. The first-order valence-corrected chi connectivity index (χ1v) is 3.33. The van der Waals surface area contributed by atoms with Crippen LogP contribution in [0.25, 0.3) is 0 Å². The van der Waals surface area contributed by atoms with Gasteiger partial charge >= 0.3 is 0 Å². The minimum absolute atomic E-state index is 0.0396. The Morgan fingerprint density at radius 1 is 1.56 bits per heavy atom. The number of rotatable bonds is 5. The smallest absolute Gasteiger partial charge is 0.107 e. The summed E-state index contributed by atoms with van der Waals surface area (Å²) in [4.78, 5) is 0. The lowest BCUT2D eigenvalue weighted by atomic mass is 10.4. The van der Waals surface area contributed by atoms with E-state index < -0.39 is 6.23 Å². The van der Waals surface area contributed by atoms with Crippen molar-refractivity contribution in [2.24, 2.45) is 0 Å². The van der Waals surface area contributed by atoms with E-state index in [-0.39, 0.29) is 6.61 Å². The van der Waals surface area contributed by atoms with Crippen molar-refractivity contribution < 1.29 is 10.2 Å². The lowest BCUT2D eigenvalue weighted by Gasteiger charge is -2.08. The lowest BCUT2D eigenvalue weighted by molar-refractivity contribution is 0.103. The molecule has 0 saturated heterocycles. The molecule has 0 aromatic carbocycles. The van der Waals surface area contributed by atoms with Crippen LogP contribution in [-0.4, -0.2) is 29.6 Å². The highest BCUT2D eigenvalue weighted by atomic mass is 16.3. The van der Waals surface area contributed by atoms with Crippen LogP contribution >= 0.6 is 0 Å². The van der Waals surface area contributed by atoms with Gasteiger partial charge in [-0.1, -0.05) is 6.92 Å². The number of hydrogen-bond acceptors (Lipinski definition) is 3. The first-order chi connectivity index (χ1) is 4.31. The SMILES string of the molecule is CCCNC(O)CCO. The second-order valence-electron chi connectivity index (χ2n) is 1.98. The van der Waals surface area contributed by atoms with Gasteiger partial charge < -0.3 is 10.2 Å². The molecule has 0 bridgehead atoms. The third-order valence-electron chi connectivity index (χ3n) is 1.03. The van der Waals surface area contributed by atoms with Gasteiger partial charge in [-0.2, -0.15) is 0 Å². The molecule has 0 heterocycles. The van der Waals surface area contributed by atoms with E-state index in [1.807, 2.05) is 6.92 Å². The molecule has 3 N–H and O–H groups in total. The van der Waals surface area contributed by atoms with Crippen molar-refractivity contribution in [2.45, 2.75) is 26.0 Å². The summed E-state index contributed by atoms with van der Waals surface area (Å²) >= 11 is 0. The molecular formula is C6H15NO2. The molecule has 0 aliphatic rings. The number of aliphatic hydroxyl groups excluding tert-OH is 2. The maximum atomic E-state index is 8.91. The van der Waals surface area contributed by atoms with Crippen molar-refractivity contribution in [3.63, 3.8) is 0 Å². The summed E-state index contributed by atoms with van der Waals surface area (Å²) in [7, 11) is 0. The molecule has 0 rings (SSSR count). The number of nitrogens with one attached hydrogen (secondary N) is 1. The van der Waals surface area contributed by atoms with Gasteiger partial charge in [0.25, 0.3) is 0 Å². The molecule has 9 heavy (non-hydrogen) atoms. The van der Waals surface area contributed by atoms with Crippen molar-refractivity contribution in [1.82, 2.24) is 5.32 Å². The van der Waals surface area contributed by atoms with E-state index in [0.717, 1.165) is 13.0 Å². The summed E-state index contributed by atoms with van der Waals surface area (Å²) in [6.07, 6.45) is 0.887. The Hall–Kier alpha value is -0.120. The average molecular weight is 133 g/mol. The van der Waals surface area contributed by atoms with Gasteiger partial charge in [-0.25, -0.2) is 0 Å². The minimum Gasteiger partial charge on any atom is -0.396 e. The van der Waals surface area contributed by atoms with Crippen LogP contribution in [0.2, 0.25) is 0 Å². The Kier molecular flexibility index (Phi) is 5.93. The molecule has 0 aliphatic carbocycles. The summed E-state index contributed by atoms with van der Waals surface area (Å²) in [5.74, 6) is 0. The monoisotopic (exact) mass is 133 g/mol. The van der Waals surface area contributed by atoms with E-state index in [1.54, 1.807) is 0 Å². The average Bonchev–Trinajstić information content (AvgIpc) is 1.85. The topological polar surface area (TPSA) is 52.5 Å². The summed E-state index contributed by atoms with van der Waals surface area (Å²) in [6.45, 7) is 2.87. The van der Waals surface area contributed by atoms with Gasteiger partial charge in [0, 0.05) is 13.0 Å². The van der Waals surface area contributed by atoms with Gasteiger partial charge in [-0.15, -0.1) is 0 Å². The van der Waals surface area contributed by atoms with Gasteiger partial charge in [0.15, 0.2) is 0 Å². The molecule has 0 amide bonds. The van der Waals surface area contributed by atoms with Crippen molar-refractivity contribution in [3.05, 3.63) is 0 Å². The molecule has 0 aromatic rings. The fraction of sp³-hybridized carbons (Fsp3) is 1.00. The maximum Gasteiger partial charge on any atom is 0.107 e. The molecular weight excluding hydrogens is 118 g/mol. The second kappa shape index (κ2) is 6.01. The second-order valence-corrected chi connectivity index (χ2v) is 1.98. The molecule has 0 aromatic heterocycles. The molecule has 3 heteroatoms. The zero-order chi connectivity index (χ0) is 7.11. The first kappa shape index (κ1) is 8.88. The molecule has 1 unspecified atom stereocenters. The first-order valence-electron chi connectivity index (χ1n) is 3.33. The Labute approximate surface area is 55.7 Å². The van der Waals surface area contributed by atoms with Crippen LogP contribution in [0, 0.1) is 0 Å². The van der Waals surface area contributed by atoms with E-state index in [9.17, 15) is 0 Å². The Bertz CT molecular complexity index is 59.0. The Morgan fingerprint density at radius 3 is 2.67 bits per heavy atom. The zero-order valence-corrected chi connectivity index (χ0v) is 5.80. The van der Waals surface area contributed by atoms with Crippen LogP contribution in [0.4, 0.5) is 0 Å². The highest BCUT2D eigenvalue weighted by molar-refractivity contribution is 4.50. The molecule has 0 fully saturated rings. The van der Waals surface area contributed by atoms with E-state index in [0.29, 0.717) is 6.42 Å². The zero-order valence-electron chi connectivity index (χ0n) is 5.80. The van der Waals surface area contributed by atoms with Gasteiger partial charge in [0.1, 0.15) is 6.23 Å². The highest BCUT2D eigenvalue weighted by Gasteiger charge is 1.97. The third-order valence-corrected chi connectivity index (χ3v) is 1.03. The molecule has 0 saturated carbocycles. The van der Waals surface area contributed by atoms with Crippen LogP contribution in [0.15, 0.2) is 0 Å². The standard InChI is InChI=1S/C6H15NO2/c1-2-4-7-6(9)3-5-8/h6-9H,2-5H2,1H3. The number of hydrogen-bond donors (Lipinski definition) is 3.